The van der Waals surface area contributed by atoms with Gasteiger partial charge in [0.1, 0.15) is 0 Å². The maximum absolute atomic E-state index is 12.6. The Morgan fingerprint density at radius 2 is 1.68 bits per heavy atom. The Kier molecular flexibility index (Phi) is 4.70. The Morgan fingerprint density at radius 1 is 1.00 bits per heavy atom. The first-order chi connectivity index (χ1) is 13.5. The first kappa shape index (κ1) is 18.3. The van der Waals surface area contributed by atoms with E-state index in [9.17, 15) is 14.4 Å². The lowest BCUT2D eigenvalue weighted by Gasteiger charge is -2.16. The van der Waals surface area contributed by atoms with Gasteiger partial charge in [0.15, 0.2) is 0 Å². The number of nitrogens with one attached hydrogen (secondary N) is 1. The van der Waals surface area contributed by atoms with E-state index in [4.69, 9.17) is 11.6 Å². The van der Waals surface area contributed by atoms with Gasteiger partial charge in [-0.2, -0.15) is 0 Å². The SMILES string of the molecule is O=C(Nc1ccc(N2C(=O)c3ccccc3C2=O)c(Cl)c1)c1cncc(Br)c1. The van der Waals surface area contributed by atoms with E-state index in [0.717, 1.165) is 4.90 Å². The van der Waals surface area contributed by atoms with E-state index in [1.807, 2.05) is 0 Å². The summed E-state index contributed by atoms with van der Waals surface area (Å²) >= 11 is 9.59. The lowest BCUT2D eigenvalue weighted by Crippen LogP contribution is -2.29. The number of nitrogens with zero attached hydrogens (tertiary/aromatic N) is 2. The average Bonchev–Trinajstić information content (AvgIpc) is 2.93. The summed E-state index contributed by atoms with van der Waals surface area (Å²) in [5, 5.41) is 2.88. The van der Waals surface area contributed by atoms with Crippen molar-refractivity contribution in [3.05, 3.63) is 87.1 Å². The van der Waals surface area contributed by atoms with Crippen LogP contribution in [0.15, 0.2) is 65.4 Å². The quantitative estimate of drug-likeness (QED) is 0.586. The number of hydrogen-bond donors (Lipinski definition) is 1. The molecule has 3 aromatic rings. The Balaban J connectivity index is 1.60. The van der Waals surface area contributed by atoms with Crippen LogP contribution in [0.3, 0.4) is 0 Å². The van der Waals surface area contributed by atoms with Crippen LogP contribution >= 0.6 is 27.5 Å². The number of anilines is 2. The lowest BCUT2D eigenvalue weighted by atomic mass is 10.1. The van der Waals surface area contributed by atoms with E-state index in [2.05, 4.69) is 26.2 Å². The van der Waals surface area contributed by atoms with Crippen molar-refractivity contribution >= 4 is 56.6 Å². The van der Waals surface area contributed by atoms with E-state index in [0.29, 0.717) is 26.9 Å². The molecule has 4 rings (SSSR count). The Bertz CT molecular complexity index is 1110. The third kappa shape index (κ3) is 3.19. The van der Waals surface area contributed by atoms with Crippen LogP contribution in [0.4, 0.5) is 11.4 Å². The third-order valence-corrected chi connectivity index (χ3v) is 4.94. The molecule has 0 fully saturated rings. The molecule has 1 aliphatic rings. The molecule has 2 heterocycles. The van der Waals surface area contributed by atoms with Gasteiger partial charge in [0, 0.05) is 22.6 Å². The van der Waals surface area contributed by atoms with Gasteiger partial charge < -0.3 is 5.32 Å². The molecule has 1 N–H and O–H groups in total. The van der Waals surface area contributed by atoms with Crippen LogP contribution in [0.1, 0.15) is 31.1 Å². The molecule has 138 valence electrons. The van der Waals surface area contributed by atoms with Crippen molar-refractivity contribution in [3.8, 4) is 0 Å². The van der Waals surface area contributed by atoms with Crippen molar-refractivity contribution in [1.82, 2.24) is 4.98 Å². The zero-order valence-electron chi connectivity index (χ0n) is 14.1. The molecule has 28 heavy (non-hydrogen) atoms. The zero-order valence-corrected chi connectivity index (χ0v) is 16.5. The molecule has 0 spiro atoms. The fourth-order valence-corrected chi connectivity index (χ4v) is 3.54. The highest BCUT2D eigenvalue weighted by Crippen LogP contribution is 2.34. The highest BCUT2D eigenvalue weighted by atomic mass is 79.9. The highest BCUT2D eigenvalue weighted by molar-refractivity contribution is 9.10. The van der Waals surface area contributed by atoms with Crippen LogP contribution in [-0.4, -0.2) is 22.7 Å². The summed E-state index contributed by atoms with van der Waals surface area (Å²) in [4.78, 5) is 42.5. The van der Waals surface area contributed by atoms with E-state index in [1.165, 1.54) is 18.3 Å². The number of aromatic nitrogens is 1. The number of fused-ring (bicyclic) bond motifs is 1. The summed E-state index contributed by atoms with van der Waals surface area (Å²) < 4.78 is 0.680. The van der Waals surface area contributed by atoms with Crippen molar-refractivity contribution in [1.29, 1.82) is 0 Å². The summed E-state index contributed by atoms with van der Waals surface area (Å²) in [5.41, 5.74) is 1.73. The number of halogens is 2. The average molecular weight is 457 g/mol. The third-order valence-electron chi connectivity index (χ3n) is 4.21. The molecule has 1 aromatic heterocycles. The molecule has 0 saturated carbocycles. The van der Waals surface area contributed by atoms with Crippen molar-refractivity contribution in [2.24, 2.45) is 0 Å². The second-order valence-corrected chi connectivity index (χ2v) is 7.33. The highest BCUT2D eigenvalue weighted by Gasteiger charge is 2.37. The number of pyridine rings is 1. The van der Waals surface area contributed by atoms with Crippen LogP contribution in [0.25, 0.3) is 0 Å². The molecule has 0 radical (unpaired) electrons. The normalized spacial score (nSPS) is 12.9. The fourth-order valence-electron chi connectivity index (χ4n) is 2.91. The standard InChI is InChI=1S/C20H11BrClN3O3/c21-12-7-11(9-23-10-12)18(26)24-13-5-6-17(16(22)8-13)25-19(27)14-3-1-2-4-15(14)20(25)28/h1-10H,(H,24,26). The maximum atomic E-state index is 12.6. The summed E-state index contributed by atoms with van der Waals surface area (Å²) in [6.07, 6.45) is 3.01. The van der Waals surface area contributed by atoms with Crippen LogP contribution < -0.4 is 10.2 Å². The fraction of sp³-hybridized carbons (Fsp3) is 0. The first-order valence-electron chi connectivity index (χ1n) is 8.15. The monoisotopic (exact) mass is 455 g/mol. The van der Waals surface area contributed by atoms with Gasteiger partial charge >= 0.3 is 0 Å². The van der Waals surface area contributed by atoms with E-state index < -0.39 is 11.8 Å². The number of carbonyl (C=O) groups is 3. The van der Waals surface area contributed by atoms with Gasteiger partial charge in [-0.15, -0.1) is 0 Å². The number of carbonyl (C=O) groups excluding carboxylic acids is 3. The molecular weight excluding hydrogens is 446 g/mol. The second-order valence-electron chi connectivity index (χ2n) is 6.00. The van der Waals surface area contributed by atoms with E-state index in [1.54, 1.807) is 42.6 Å². The van der Waals surface area contributed by atoms with Crippen molar-refractivity contribution in [2.75, 3.05) is 10.2 Å². The number of benzene rings is 2. The van der Waals surface area contributed by atoms with Crippen LogP contribution in [0.5, 0.6) is 0 Å². The van der Waals surface area contributed by atoms with Gasteiger partial charge in [-0.25, -0.2) is 4.90 Å². The first-order valence-corrected chi connectivity index (χ1v) is 9.32. The summed E-state index contributed by atoms with van der Waals surface area (Å²) in [6.45, 7) is 0. The van der Waals surface area contributed by atoms with Crippen molar-refractivity contribution in [2.45, 2.75) is 0 Å². The van der Waals surface area contributed by atoms with Crippen LogP contribution in [0.2, 0.25) is 5.02 Å². The molecular formula is C20H11BrClN3O3. The predicted molar refractivity (Wildman–Crippen MR) is 109 cm³/mol. The number of imide groups is 1. The summed E-state index contributed by atoms with van der Waals surface area (Å²) in [5.74, 6) is -1.22. The molecule has 6 nitrogen and oxygen atoms in total. The van der Waals surface area contributed by atoms with Crippen LogP contribution in [0, 0.1) is 0 Å². The van der Waals surface area contributed by atoms with Gasteiger partial charge in [-0.1, -0.05) is 23.7 Å². The molecule has 0 aliphatic carbocycles. The maximum Gasteiger partial charge on any atom is 0.266 e. The smallest absolute Gasteiger partial charge is 0.266 e. The van der Waals surface area contributed by atoms with Crippen molar-refractivity contribution < 1.29 is 14.4 Å². The molecule has 0 unspecified atom stereocenters. The van der Waals surface area contributed by atoms with Gasteiger partial charge in [0.25, 0.3) is 17.7 Å². The second kappa shape index (κ2) is 7.18. The zero-order chi connectivity index (χ0) is 19.8. The molecule has 0 bridgehead atoms. The van der Waals surface area contributed by atoms with Gasteiger partial charge in [-0.3, -0.25) is 19.4 Å². The van der Waals surface area contributed by atoms with Gasteiger partial charge in [0.05, 0.1) is 27.4 Å². The Labute approximate surface area is 173 Å². The van der Waals surface area contributed by atoms with Gasteiger partial charge in [-0.05, 0) is 52.3 Å². The lowest BCUT2D eigenvalue weighted by molar-refractivity contribution is 0.0924. The predicted octanol–water partition coefficient (Wildman–Crippen LogP) is 4.55. The van der Waals surface area contributed by atoms with Crippen molar-refractivity contribution in [3.63, 3.8) is 0 Å². The molecule has 8 heteroatoms. The summed E-state index contributed by atoms with van der Waals surface area (Å²) in [7, 11) is 0. The molecule has 0 atom stereocenters. The van der Waals surface area contributed by atoms with E-state index >= 15 is 0 Å². The molecule has 2 aromatic carbocycles. The number of rotatable bonds is 3. The summed E-state index contributed by atoms with van der Waals surface area (Å²) in [6, 6.07) is 12.8. The molecule has 1 aliphatic heterocycles. The minimum atomic E-state index is -0.431. The minimum Gasteiger partial charge on any atom is -0.322 e. The van der Waals surface area contributed by atoms with Crippen LogP contribution in [-0.2, 0) is 0 Å². The molecule has 0 saturated heterocycles. The number of hydrogen-bond acceptors (Lipinski definition) is 4. The number of amides is 3. The Hall–Kier alpha value is -3.03. The topological polar surface area (TPSA) is 79.4 Å². The van der Waals surface area contributed by atoms with Gasteiger partial charge in [0.2, 0.25) is 0 Å². The minimum absolute atomic E-state index is 0.166. The van der Waals surface area contributed by atoms with E-state index in [-0.39, 0.29) is 16.6 Å². The largest absolute Gasteiger partial charge is 0.322 e. The molecule has 3 amide bonds. The Morgan fingerprint density at radius 3 is 2.29 bits per heavy atom.